The highest BCUT2D eigenvalue weighted by Gasteiger charge is 2.40. The molecule has 3 aliphatic carbocycles. The Morgan fingerprint density at radius 3 is 2.30 bits per heavy atom. The number of carboxylic acid groups (broad SMARTS) is 1. The Morgan fingerprint density at radius 1 is 1.00 bits per heavy atom. The molecule has 4 heteroatoms. The molecule has 0 aliphatic heterocycles. The van der Waals surface area contributed by atoms with Crippen molar-refractivity contribution in [3.8, 4) is 0 Å². The third-order valence-corrected chi connectivity index (χ3v) is 5.77. The Bertz CT molecular complexity index is 387. The van der Waals surface area contributed by atoms with Gasteiger partial charge in [-0.3, -0.25) is 9.59 Å². The largest absolute Gasteiger partial charge is 0.481 e. The number of fused-ring (bicyclic) bond motifs is 2. The van der Waals surface area contributed by atoms with E-state index >= 15 is 0 Å². The first-order valence-electron chi connectivity index (χ1n) is 8.14. The highest BCUT2D eigenvalue weighted by atomic mass is 16.4. The molecular formula is C16H25NO3. The van der Waals surface area contributed by atoms with Crippen LogP contribution in [0.2, 0.25) is 0 Å². The minimum atomic E-state index is -0.684. The van der Waals surface area contributed by atoms with Crippen molar-refractivity contribution < 1.29 is 14.7 Å². The predicted octanol–water partition coefficient (Wildman–Crippen LogP) is 2.57. The fourth-order valence-electron chi connectivity index (χ4n) is 4.64. The smallest absolute Gasteiger partial charge is 0.306 e. The van der Waals surface area contributed by atoms with Crippen LogP contribution in [0.15, 0.2) is 0 Å². The average molecular weight is 279 g/mol. The van der Waals surface area contributed by atoms with Gasteiger partial charge in [-0.2, -0.15) is 0 Å². The van der Waals surface area contributed by atoms with Gasteiger partial charge in [0.2, 0.25) is 5.91 Å². The Balaban J connectivity index is 1.40. The summed E-state index contributed by atoms with van der Waals surface area (Å²) in [5.74, 6) is 1.62. The van der Waals surface area contributed by atoms with Gasteiger partial charge in [0, 0.05) is 12.5 Å². The summed E-state index contributed by atoms with van der Waals surface area (Å²) in [5, 5.41) is 12.1. The van der Waals surface area contributed by atoms with E-state index in [4.69, 9.17) is 5.11 Å². The number of carbonyl (C=O) groups is 2. The van der Waals surface area contributed by atoms with Gasteiger partial charge in [0.1, 0.15) is 0 Å². The summed E-state index contributed by atoms with van der Waals surface area (Å²) >= 11 is 0. The third-order valence-electron chi connectivity index (χ3n) is 5.77. The first kappa shape index (κ1) is 13.9. The monoisotopic (exact) mass is 279 g/mol. The molecule has 4 nitrogen and oxygen atoms in total. The topological polar surface area (TPSA) is 66.4 Å². The molecule has 0 aromatic heterocycles. The molecule has 3 saturated carbocycles. The third kappa shape index (κ3) is 2.99. The van der Waals surface area contributed by atoms with E-state index in [1.165, 1.54) is 25.7 Å². The van der Waals surface area contributed by atoms with Crippen molar-refractivity contribution in [2.24, 2.45) is 23.7 Å². The van der Waals surface area contributed by atoms with Crippen LogP contribution in [-0.2, 0) is 9.59 Å². The molecule has 20 heavy (non-hydrogen) atoms. The van der Waals surface area contributed by atoms with E-state index in [2.05, 4.69) is 5.32 Å². The molecule has 3 rings (SSSR count). The summed E-state index contributed by atoms with van der Waals surface area (Å²) in [5.41, 5.74) is 0. The van der Waals surface area contributed by atoms with E-state index < -0.39 is 5.97 Å². The number of hydrogen-bond acceptors (Lipinski definition) is 2. The molecule has 0 spiro atoms. The number of hydrogen-bond donors (Lipinski definition) is 2. The number of carbonyl (C=O) groups excluding carboxylic acids is 1. The Hall–Kier alpha value is -1.06. The van der Waals surface area contributed by atoms with Crippen molar-refractivity contribution >= 4 is 11.9 Å². The lowest BCUT2D eigenvalue weighted by Gasteiger charge is -2.28. The van der Waals surface area contributed by atoms with Gasteiger partial charge in [-0.05, 0) is 62.7 Å². The van der Waals surface area contributed by atoms with Crippen LogP contribution in [0.3, 0.4) is 0 Å². The molecule has 3 atom stereocenters. The van der Waals surface area contributed by atoms with Gasteiger partial charge in [0.05, 0.1) is 5.92 Å². The fourth-order valence-corrected chi connectivity index (χ4v) is 4.64. The predicted molar refractivity (Wildman–Crippen MR) is 75.1 cm³/mol. The maximum atomic E-state index is 12.1. The number of amides is 1. The first-order valence-corrected chi connectivity index (χ1v) is 8.14. The quantitative estimate of drug-likeness (QED) is 0.831. The normalized spacial score (nSPS) is 39.7. The summed E-state index contributed by atoms with van der Waals surface area (Å²) in [4.78, 5) is 23.0. The Kier molecular flexibility index (Phi) is 3.99. The molecule has 3 unspecified atom stereocenters. The lowest BCUT2D eigenvalue weighted by molar-refractivity contribution is -0.142. The van der Waals surface area contributed by atoms with E-state index in [0.29, 0.717) is 25.2 Å². The standard InChI is InChI=1S/C16H25NO3/c18-15(9-13-8-10-1-2-12(13)7-10)17-14-5-3-11(4-6-14)16(19)20/h10-14H,1-9H2,(H,17,18)(H,19,20). The first-order chi connectivity index (χ1) is 9.61. The molecule has 0 heterocycles. The molecule has 0 saturated heterocycles. The summed E-state index contributed by atoms with van der Waals surface area (Å²) in [6.07, 6.45) is 9.04. The molecule has 2 N–H and O–H groups in total. The maximum Gasteiger partial charge on any atom is 0.306 e. The van der Waals surface area contributed by atoms with E-state index in [1.54, 1.807) is 0 Å². The molecule has 2 bridgehead atoms. The SMILES string of the molecule is O=C(CC1CC2CCC1C2)NC1CCC(C(=O)O)CC1. The minimum absolute atomic E-state index is 0.196. The van der Waals surface area contributed by atoms with E-state index in [-0.39, 0.29) is 17.9 Å². The molecule has 0 aromatic rings. The molecular weight excluding hydrogens is 254 g/mol. The van der Waals surface area contributed by atoms with Crippen LogP contribution in [0.25, 0.3) is 0 Å². The second kappa shape index (κ2) is 5.74. The summed E-state index contributed by atoms with van der Waals surface area (Å²) in [7, 11) is 0. The van der Waals surface area contributed by atoms with Gasteiger partial charge < -0.3 is 10.4 Å². The zero-order valence-corrected chi connectivity index (χ0v) is 12.0. The summed E-state index contributed by atoms with van der Waals surface area (Å²) in [6.45, 7) is 0. The van der Waals surface area contributed by atoms with Crippen molar-refractivity contribution in [3.63, 3.8) is 0 Å². The van der Waals surface area contributed by atoms with Gasteiger partial charge >= 0.3 is 5.97 Å². The number of aliphatic carboxylic acids is 1. The van der Waals surface area contributed by atoms with Crippen molar-refractivity contribution in [3.05, 3.63) is 0 Å². The summed E-state index contributed by atoms with van der Waals surface area (Å²) in [6, 6.07) is 0.205. The van der Waals surface area contributed by atoms with Gasteiger partial charge in [-0.25, -0.2) is 0 Å². The van der Waals surface area contributed by atoms with Crippen molar-refractivity contribution in [1.82, 2.24) is 5.32 Å². The average Bonchev–Trinajstić information content (AvgIpc) is 3.01. The second-order valence-electron chi connectivity index (χ2n) is 7.09. The van der Waals surface area contributed by atoms with E-state index in [9.17, 15) is 9.59 Å². The molecule has 3 aliphatic rings. The fraction of sp³-hybridized carbons (Fsp3) is 0.875. The highest BCUT2D eigenvalue weighted by molar-refractivity contribution is 5.76. The summed E-state index contributed by atoms with van der Waals surface area (Å²) < 4.78 is 0. The second-order valence-corrected chi connectivity index (χ2v) is 7.09. The van der Waals surface area contributed by atoms with Gasteiger partial charge in [0.15, 0.2) is 0 Å². The van der Waals surface area contributed by atoms with Crippen molar-refractivity contribution in [2.45, 2.75) is 63.8 Å². The molecule has 3 fully saturated rings. The van der Waals surface area contributed by atoms with Gasteiger partial charge in [-0.15, -0.1) is 0 Å². The van der Waals surface area contributed by atoms with Crippen LogP contribution >= 0.6 is 0 Å². The van der Waals surface area contributed by atoms with Crippen LogP contribution in [0.1, 0.15) is 57.8 Å². The van der Waals surface area contributed by atoms with Crippen LogP contribution in [0, 0.1) is 23.7 Å². The number of rotatable bonds is 4. The lowest BCUT2D eigenvalue weighted by atomic mass is 9.84. The molecule has 0 radical (unpaired) electrons. The number of carboxylic acids is 1. The minimum Gasteiger partial charge on any atom is -0.481 e. The van der Waals surface area contributed by atoms with Crippen LogP contribution in [0.5, 0.6) is 0 Å². The zero-order chi connectivity index (χ0) is 14.1. The van der Waals surface area contributed by atoms with Crippen LogP contribution in [-0.4, -0.2) is 23.0 Å². The Labute approximate surface area is 120 Å². The van der Waals surface area contributed by atoms with E-state index in [0.717, 1.165) is 24.7 Å². The van der Waals surface area contributed by atoms with Crippen LogP contribution < -0.4 is 5.32 Å². The zero-order valence-electron chi connectivity index (χ0n) is 12.0. The van der Waals surface area contributed by atoms with Gasteiger partial charge in [0.25, 0.3) is 0 Å². The molecule has 0 aromatic carbocycles. The highest BCUT2D eigenvalue weighted by Crippen LogP contribution is 2.49. The Morgan fingerprint density at radius 2 is 1.75 bits per heavy atom. The van der Waals surface area contributed by atoms with Crippen molar-refractivity contribution in [1.29, 1.82) is 0 Å². The number of nitrogens with one attached hydrogen (secondary N) is 1. The molecule has 1 amide bonds. The maximum absolute atomic E-state index is 12.1. The van der Waals surface area contributed by atoms with E-state index in [1.807, 2.05) is 0 Å². The van der Waals surface area contributed by atoms with Gasteiger partial charge in [-0.1, -0.05) is 6.42 Å². The van der Waals surface area contributed by atoms with Crippen molar-refractivity contribution in [2.75, 3.05) is 0 Å². The molecule has 112 valence electrons. The van der Waals surface area contributed by atoms with Crippen LogP contribution in [0.4, 0.5) is 0 Å². The lowest BCUT2D eigenvalue weighted by Crippen LogP contribution is -2.39.